The molecule has 10 heteroatoms. The van der Waals surface area contributed by atoms with Gasteiger partial charge in [-0.15, -0.1) is 22.7 Å². The number of rotatable bonds is 4. The summed E-state index contributed by atoms with van der Waals surface area (Å²) in [6, 6.07) is 7.00. The molecular formula is C14H9F3N2O2S3. The molecule has 3 rings (SSSR count). The molecule has 0 radical (unpaired) electrons. The molecule has 4 nitrogen and oxygen atoms in total. The van der Waals surface area contributed by atoms with Crippen molar-refractivity contribution in [3.05, 3.63) is 52.7 Å². The van der Waals surface area contributed by atoms with E-state index in [0.717, 1.165) is 40.5 Å². The fourth-order valence-corrected chi connectivity index (χ4v) is 4.58. The molecule has 126 valence electrons. The largest absolute Gasteiger partial charge is 0.416 e. The number of hydrogen-bond acceptors (Lipinski definition) is 5. The number of thiazole rings is 1. The molecule has 1 aromatic carbocycles. The Labute approximate surface area is 143 Å². The lowest BCUT2D eigenvalue weighted by Gasteiger charge is -2.08. The monoisotopic (exact) mass is 390 g/mol. The summed E-state index contributed by atoms with van der Waals surface area (Å²) in [6.07, 6.45) is -4.51. The van der Waals surface area contributed by atoms with Gasteiger partial charge >= 0.3 is 6.18 Å². The quantitative estimate of drug-likeness (QED) is 0.703. The third-order valence-corrected chi connectivity index (χ3v) is 6.13. The van der Waals surface area contributed by atoms with Crippen molar-refractivity contribution in [2.75, 3.05) is 4.72 Å². The van der Waals surface area contributed by atoms with Crippen LogP contribution in [0.5, 0.6) is 0 Å². The van der Waals surface area contributed by atoms with Gasteiger partial charge in [-0.2, -0.15) is 13.2 Å². The SMILES string of the molecule is O=S(=O)(Nc1nc(-c2cccs2)cs1)c1ccc(C(F)(F)F)cc1. The Morgan fingerprint density at radius 1 is 1.04 bits per heavy atom. The fraction of sp³-hybridized carbons (Fsp3) is 0.0714. The van der Waals surface area contributed by atoms with Crippen molar-refractivity contribution in [3.63, 3.8) is 0 Å². The molecule has 0 aliphatic rings. The first kappa shape index (κ1) is 16.9. The molecule has 0 aliphatic heterocycles. The van der Waals surface area contributed by atoms with Gasteiger partial charge in [0, 0.05) is 5.38 Å². The topological polar surface area (TPSA) is 59.1 Å². The van der Waals surface area contributed by atoms with Crippen LogP contribution in [0.2, 0.25) is 0 Å². The average molecular weight is 390 g/mol. The normalized spacial score (nSPS) is 12.3. The highest BCUT2D eigenvalue weighted by Gasteiger charge is 2.30. The first-order valence-electron chi connectivity index (χ1n) is 6.45. The first-order chi connectivity index (χ1) is 11.3. The lowest BCUT2D eigenvalue weighted by Crippen LogP contribution is -2.13. The maximum absolute atomic E-state index is 12.5. The first-order valence-corrected chi connectivity index (χ1v) is 9.69. The molecule has 0 unspecified atom stereocenters. The lowest BCUT2D eigenvalue weighted by molar-refractivity contribution is -0.137. The standard InChI is InChI=1S/C14H9F3N2O2S3/c15-14(16,17)9-3-5-10(6-4-9)24(20,21)19-13-18-11(8-23-13)12-2-1-7-22-12/h1-8H,(H,18,19). The highest BCUT2D eigenvalue weighted by Crippen LogP contribution is 2.31. The zero-order valence-electron chi connectivity index (χ0n) is 11.7. The van der Waals surface area contributed by atoms with Crippen LogP contribution in [0, 0.1) is 0 Å². The van der Waals surface area contributed by atoms with Crippen LogP contribution in [0.1, 0.15) is 5.56 Å². The molecule has 0 atom stereocenters. The van der Waals surface area contributed by atoms with Crippen LogP contribution in [0.3, 0.4) is 0 Å². The zero-order valence-corrected chi connectivity index (χ0v) is 14.2. The van der Waals surface area contributed by atoms with Gasteiger partial charge in [-0.3, -0.25) is 4.72 Å². The number of benzene rings is 1. The summed E-state index contributed by atoms with van der Waals surface area (Å²) in [5.41, 5.74) is -0.268. The second kappa shape index (κ2) is 6.19. The summed E-state index contributed by atoms with van der Waals surface area (Å²) < 4.78 is 64.3. The summed E-state index contributed by atoms with van der Waals surface area (Å²) in [7, 11) is -4.00. The van der Waals surface area contributed by atoms with E-state index in [9.17, 15) is 21.6 Å². The number of thiophene rings is 1. The number of alkyl halides is 3. The molecule has 0 saturated carbocycles. The van der Waals surface area contributed by atoms with Gasteiger partial charge in [-0.1, -0.05) is 6.07 Å². The van der Waals surface area contributed by atoms with Crippen molar-refractivity contribution >= 4 is 37.8 Å². The fourth-order valence-electron chi connectivity index (χ4n) is 1.86. The molecule has 2 heterocycles. The maximum atomic E-state index is 12.5. The molecule has 0 aliphatic carbocycles. The van der Waals surface area contributed by atoms with E-state index < -0.39 is 21.8 Å². The summed E-state index contributed by atoms with van der Waals surface area (Å²) in [5.74, 6) is 0. The van der Waals surface area contributed by atoms with Gasteiger partial charge < -0.3 is 0 Å². The van der Waals surface area contributed by atoms with Crippen molar-refractivity contribution in [2.45, 2.75) is 11.1 Å². The van der Waals surface area contributed by atoms with E-state index in [0.29, 0.717) is 5.69 Å². The number of nitrogens with zero attached hydrogens (tertiary/aromatic N) is 1. The number of sulfonamides is 1. The molecule has 0 fully saturated rings. The average Bonchev–Trinajstić information content (AvgIpc) is 3.17. The van der Waals surface area contributed by atoms with Crippen molar-refractivity contribution in [1.82, 2.24) is 4.98 Å². The van der Waals surface area contributed by atoms with Crippen LogP contribution in [0.25, 0.3) is 10.6 Å². The Kier molecular flexibility index (Phi) is 4.37. The van der Waals surface area contributed by atoms with E-state index >= 15 is 0 Å². The van der Waals surface area contributed by atoms with Gasteiger partial charge in [0.2, 0.25) is 0 Å². The van der Waals surface area contributed by atoms with E-state index in [1.807, 2.05) is 17.5 Å². The smallest absolute Gasteiger partial charge is 0.255 e. The van der Waals surface area contributed by atoms with E-state index in [1.54, 1.807) is 5.38 Å². The zero-order chi connectivity index (χ0) is 17.4. The van der Waals surface area contributed by atoms with E-state index in [1.165, 1.54) is 11.3 Å². The van der Waals surface area contributed by atoms with Crippen molar-refractivity contribution in [2.24, 2.45) is 0 Å². The van der Waals surface area contributed by atoms with E-state index in [4.69, 9.17) is 0 Å². The van der Waals surface area contributed by atoms with Gasteiger partial charge in [0.15, 0.2) is 5.13 Å². The molecule has 24 heavy (non-hydrogen) atoms. The number of halogens is 3. The Morgan fingerprint density at radius 3 is 2.33 bits per heavy atom. The summed E-state index contributed by atoms with van der Waals surface area (Å²) in [6.45, 7) is 0. The van der Waals surface area contributed by atoms with Crippen LogP contribution in [0.15, 0.2) is 52.1 Å². The van der Waals surface area contributed by atoms with Gasteiger partial charge in [-0.05, 0) is 35.7 Å². The van der Waals surface area contributed by atoms with Crippen LogP contribution in [-0.4, -0.2) is 13.4 Å². The lowest BCUT2D eigenvalue weighted by atomic mass is 10.2. The Balaban J connectivity index is 1.81. The van der Waals surface area contributed by atoms with Gasteiger partial charge in [-0.25, -0.2) is 13.4 Å². The molecular weight excluding hydrogens is 381 g/mol. The highest BCUT2D eigenvalue weighted by molar-refractivity contribution is 7.93. The van der Waals surface area contributed by atoms with Crippen LogP contribution >= 0.6 is 22.7 Å². The van der Waals surface area contributed by atoms with Crippen LogP contribution < -0.4 is 4.72 Å². The number of anilines is 1. The van der Waals surface area contributed by atoms with Crippen LogP contribution in [-0.2, 0) is 16.2 Å². The minimum atomic E-state index is -4.51. The van der Waals surface area contributed by atoms with Gasteiger partial charge in [0.1, 0.15) is 0 Å². The minimum Gasteiger partial charge on any atom is -0.255 e. The Morgan fingerprint density at radius 2 is 1.75 bits per heavy atom. The molecule has 3 aromatic rings. The highest BCUT2D eigenvalue weighted by atomic mass is 32.2. The van der Waals surface area contributed by atoms with Gasteiger partial charge in [0.05, 0.1) is 21.0 Å². The number of nitrogens with one attached hydrogen (secondary N) is 1. The molecule has 0 amide bonds. The Bertz CT molecular complexity index is 931. The van der Waals surface area contributed by atoms with Crippen molar-refractivity contribution in [3.8, 4) is 10.6 Å². The summed E-state index contributed by atoms with van der Waals surface area (Å²) in [4.78, 5) is 4.81. The van der Waals surface area contributed by atoms with E-state index in [2.05, 4.69) is 9.71 Å². The van der Waals surface area contributed by atoms with Crippen LogP contribution in [0.4, 0.5) is 18.3 Å². The second-order valence-electron chi connectivity index (χ2n) is 4.64. The number of hydrogen-bond donors (Lipinski definition) is 1. The summed E-state index contributed by atoms with van der Waals surface area (Å²) in [5, 5.41) is 3.73. The predicted molar refractivity (Wildman–Crippen MR) is 87.7 cm³/mol. The second-order valence-corrected chi connectivity index (χ2v) is 8.13. The molecule has 0 spiro atoms. The third kappa shape index (κ3) is 3.60. The van der Waals surface area contributed by atoms with Crippen molar-refractivity contribution in [1.29, 1.82) is 0 Å². The number of aromatic nitrogens is 1. The summed E-state index contributed by atoms with van der Waals surface area (Å²) >= 11 is 2.57. The van der Waals surface area contributed by atoms with Crippen molar-refractivity contribution < 1.29 is 21.6 Å². The molecule has 1 N–H and O–H groups in total. The van der Waals surface area contributed by atoms with Gasteiger partial charge in [0.25, 0.3) is 10.0 Å². The molecule has 0 bridgehead atoms. The third-order valence-electron chi connectivity index (χ3n) is 2.99. The maximum Gasteiger partial charge on any atom is 0.416 e. The predicted octanol–water partition coefficient (Wildman–Crippen LogP) is 4.69. The minimum absolute atomic E-state index is 0.151. The Hall–Kier alpha value is -1.91. The van der Waals surface area contributed by atoms with E-state index in [-0.39, 0.29) is 10.0 Å². The molecule has 0 saturated heterocycles. The molecule has 2 aromatic heterocycles.